The number of esters is 1. The maximum Gasteiger partial charge on any atom is 0.459 e. The van der Waals surface area contributed by atoms with Crippen molar-refractivity contribution in [3.05, 3.63) is 55.6 Å². The Bertz CT molecular complexity index is 1340. The zero-order valence-electron chi connectivity index (χ0n) is 20.7. The number of hydrogen-bond donors (Lipinski definition) is 4. The minimum absolute atomic E-state index is 0.126. The van der Waals surface area contributed by atoms with Crippen molar-refractivity contribution in [3.63, 3.8) is 0 Å². The Balaban J connectivity index is 1.56. The molecule has 1 aromatic carbocycles. The number of aromatic nitrogens is 4. The Morgan fingerprint density at radius 2 is 2.05 bits per heavy atom. The van der Waals surface area contributed by atoms with E-state index < -0.39 is 50.9 Å². The molecule has 3 heterocycles. The van der Waals surface area contributed by atoms with Crippen LogP contribution in [0.2, 0.25) is 0 Å². The van der Waals surface area contributed by atoms with Crippen LogP contribution in [-0.2, 0) is 23.4 Å². The second-order valence-electron chi connectivity index (χ2n) is 8.73. The highest BCUT2D eigenvalue weighted by atomic mass is 31.2. The van der Waals surface area contributed by atoms with E-state index in [0.29, 0.717) is 0 Å². The Morgan fingerprint density at radius 1 is 1.32 bits per heavy atom. The van der Waals surface area contributed by atoms with Gasteiger partial charge in [0, 0.05) is 0 Å². The number of aliphatic hydroxyl groups excluding tert-OH is 2. The number of nitrogens with zero attached hydrogens (tertiary/aromatic N) is 4. The molecule has 38 heavy (non-hydrogen) atoms. The number of imidazole rings is 1. The fourth-order valence-corrected chi connectivity index (χ4v) is 5.11. The second-order valence-corrected chi connectivity index (χ2v) is 10.5. The minimum Gasteiger partial charge on any atom is -0.462 e. The third kappa shape index (κ3) is 5.70. The Morgan fingerprint density at radius 3 is 2.74 bits per heavy atom. The number of aliphatic hydroxyl groups is 2. The molecule has 0 aliphatic carbocycles. The topological polar surface area (TPSA) is 193 Å². The summed E-state index contributed by atoms with van der Waals surface area (Å²) in [5.74, 6) is -0.359. The number of rotatable bonds is 11. The van der Waals surface area contributed by atoms with Crippen molar-refractivity contribution < 1.29 is 38.1 Å². The number of carbonyl (C=O) groups is 1. The van der Waals surface area contributed by atoms with Gasteiger partial charge in [-0.1, -0.05) is 24.3 Å². The van der Waals surface area contributed by atoms with Crippen LogP contribution < -0.4 is 15.3 Å². The maximum atomic E-state index is 13.7. The molecule has 14 nitrogen and oxygen atoms in total. The van der Waals surface area contributed by atoms with E-state index in [1.54, 1.807) is 44.2 Å². The number of nitrogens with two attached hydrogens (primary N) is 1. The highest BCUT2D eigenvalue weighted by Gasteiger charge is 2.55. The van der Waals surface area contributed by atoms with Crippen molar-refractivity contribution in [2.75, 3.05) is 18.9 Å². The highest BCUT2D eigenvalue weighted by molar-refractivity contribution is 7.52. The fourth-order valence-electron chi connectivity index (χ4n) is 3.81. The summed E-state index contributed by atoms with van der Waals surface area (Å²) in [6.07, 6.45) is -0.847. The number of ether oxygens (including phenoxy) is 2. The van der Waals surface area contributed by atoms with Crippen LogP contribution >= 0.6 is 7.75 Å². The van der Waals surface area contributed by atoms with Crippen molar-refractivity contribution in [1.29, 1.82) is 0 Å². The van der Waals surface area contributed by atoms with Crippen LogP contribution in [0.1, 0.15) is 20.1 Å². The lowest BCUT2D eigenvalue weighted by Crippen LogP contribution is -2.45. The number of fused-ring (bicyclic) bond motifs is 1. The first-order valence-corrected chi connectivity index (χ1v) is 13.2. The average molecular weight is 548 g/mol. The summed E-state index contributed by atoms with van der Waals surface area (Å²) in [5.41, 5.74) is 4.65. The summed E-state index contributed by atoms with van der Waals surface area (Å²) in [6, 6.07) is 8.15. The van der Waals surface area contributed by atoms with Gasteiger partial charge in [0.2, 0.25) is 0 Å². The maximum absolute atomic E-state index is 13.7. The van der Waals surface area contributed by atoms with Crippen LogP contribution in [-0.4, -0.2) is 72.8 Å². The van der Waals surface area contributed by atoms with E-state index >= 15 is 0 Å². The van der Waals surface area contributed by atoms with Gasteiger partial charge in [0.15, 0.2) is 17.7 Å². The van der Waals surface area contributed by atoms with Crippen LogP contribution in [0.3, 0.4) is 0 Å². The monoisotopic (exact) mass is 548 g/mol. The summed E-state index contributed by atoms with van der Waals surface area (Å²) < 4.78 is 37.3. The smallest absolute Gasteiger partial charge is 0.459 e. The third-order valence-corrected chi connectivity index (χ3v) is 7.14. The molecule has 0 saturated carbocycles. The molecule has 5 N–H and O–H groups in total. The van der Waals surface area contributed by atoms with Gasteiger partial charge >= 0.3 is 13.7 Å². The van der Waals surface area contributed by atoms with Crippen LogP contribution in [0.15, 0.2) is 55.6 Å². The van der Waals surface area contributed by atoms with Crippen molar-refractivity contribution in [1.82, 2.24) is 24.6 Å². The minimum atomic E-state index is -4.25. The number of nitrogen functional groups attached to an aromatic ring is 1. The summed E-state index contributed by atoms with van der Waals surface area (Å²) in [7, 11) is -4.25. The first kappa shape index (κ1) is 27.6. The zero-order chi connectivity index (χ0) is 27.5. The molecule has 1 unspecified atom stereocenters. The molecule has 1 fully saturated rings. The first-order chi connectivity index (χ1) is 18.1. The predicted molar refractivity (Wildman–Crippen MR) is 135 cm³/mol. The lowest BCUT2D eigenvalue weighted by Gasteiger charge is -2.30. The average Bonchev–Trinajstić information content (AvgIpc) is 3.42. The fraction of sp³-hybridized carbons (Fsp3) is 0.391. The summed E-state index contributed by atoms with van der Waals surface area (Å²) in [4.78, 5) is 24.2. The number of nitrogens with one attached hydrogen (secondary N) is 1. The molecular weight excluding hydrogens is 519 g/mol. The van der Waals surface area contributed by atoms with Crippen molar-refractivity contribution >= 4 is 30.7 Å². The molecule has 1 aliphatic heterocycles. The lowest BCUT2D eigenvalue weighted by molar-refractivity contribution is -0.146. The molecule has 0 radical (unpaired) electrons. The molecule has 5 atom stereocenters. The Kier molecular flexibility index (Phi) is 8.11. The first-order valence-electron chi connectivity index (χ1n) is 11.6. The normalized spacial score (nSPS) is 24.8. The lowest BCUT2D eigenvalue weighted by atomic mass is 9.96. The molecular formula is C23H29N6O8P. The second kappa shape index (κ2) is 11.2. The van der Waals surface area contributed by atoms with Crippen LogP contribution in [0, 0.1) is 0 Å². The molecule has 0 spiro atoms. The van der Waals surface area contributed by atoms with E-state index in [0.717, 1.165) is 0 Å². The van der Waals surface area contributed by atoms with E-state index in [9.17, 15) is 19.6 Å². The van der Waals surface area contributed by atoms with E-state index in [4.69, 9.17) is 24.3 Å². The van der Waals surface area contributed by atoms with Gasteiger partial charge in [-0.25, -0.2) is 24.6 Å². The quantitative estimate of drug-likeness (QED) is 0.152. The van der Waals surface area contributed by atoms with E-state index in [2.05, 4.69) is 26.6 Å². The molecule has 2 aromatic heterocycles. The molecule has 15 heteroatoms. The molecule has 3 aromatic rings. The zero-order valence-corrected chi connectivity index (χ0v) is 21.6. The number of benzene rings is 1. The third-order valence-electron chi connectivity index (χ3n) is 5.68. The molecule has 1 saturated heterocycles. The SMILES string of the molecule is C=C[C@]1(COP(=O)(NCC(=O)OC(C)C)Oc2ccccc2)O[C@@H](n2cnc3c(N)ncnc32)[C@H](O)[C@@H]1O. The number of anilines is 1. The predicted octanol–water partition coefficient (Wildman–Crippen LogP) is 1.33. The van der Waals surface area contributed by atoms with E-state index in [1.807, 2.05) is 0 Å². The Labute approximate surface area is 218 Å². The van der Waals surface area contributed by atoms with Crippen LogP contribution in [0.5, 0.6) is 5.75 Å². The summed E-state index contributed by atoms with van der Waals surface area (Å²) in [5, 5.41) is 24.3. The number of para-hydroxylation sites is 1. The molecule has 1 aliphatic rings. The molecule has 204 valence electrons. The van der Waals surface area contributed by atoms with Crippen molar-refractivity contribution in [3.8, 4) is 5.75 Å². The van der Waals surface area contributed by atoms with E-state index in [1.165, 1.54) is 23.3 Å². The molecule has 0 amide bonds. The summed E-state index contributed by atoms with van der Waals surface area (Å²) >= 11 is 0. The standard InChI is InChI=1S/C23H29N6O8P/c1-4-23(19(32)18(31)22(36-23)29-13-27-17-20(24)25-12-26-21(17)29)11-34-38(33,28-10-16(30)35-14(2)3)37-15-8-6-5-7-9-15/h4-9,12-14,18-19,22,31-32H,1,10-11H2,2-3H3,(H,28,33)(H2,24,25,26)/t18-,19+,22-,23-,38?/m1/s1. The van der Waals surface area contributed by atoms with Gasteiger partial charge in [-0.15, -0.1) is 6.58 Å². The number of carbonyl (C=O) groups excluding carboxylic acids is 1. The Hall–Kier alpha value is -3.39. The van der Waals surface area contributed by atoms with Gasteiger partial charge < -0.3 is 29.9 Å². The van der Waals surface area contributed by atoms with Gasteiger partial charge in [0.05, 0.1) is 19.0 Å². The van der Waals surface area contributed by atoms with Gasteiger partial charge in [-0.2, -0.15) is 0 Å². The van der Waals surface area contributed by atoms with Crippen molar-refractivity contribution in [2.24, 2.45) is 0 Å². The largest absolute Gasteiger partial charge is 0.462 e. The molecule has 4 rings (SSSR count). The van der Waals surface area contributed by atoms with Gasteiger partial charge in [0.25, 0.3) is 0 Å². The summed E-state index contributed by atoms with van der Waals surface area (Å²) in [6.45, 7) is 5.99. The number of hydrogen-bond acceptors (Lipinski definition) is 12. The van der Waals surface area contributed by atoms with Crippen LogP contribution in [0.25, 0.3) is 11.2 Å². The van der Waals surface area contributed by atoms with Crippen LogP contribution in [0.4, 0.5) is 5.82 Å². The van der Waals surface area contributed by atoms with E-state index in [-0.39, 0.29) is 28.8 Å². The van der Waals surface area contributed by atoms with Crippen molar-refractivity contribution in [2.45, 2.75) is 44.0 Å². The van der Waals surface area contributed by atoms with Gasteiger partial charge in [-0.3, -0.25) is 13.9 Å². The van der Waals surface area contributed by atoms with Gasteiger partial charge in [-0.05, 0) is 26.0 Å². The molecule has 0 bridgehead atoms. The highest BCUT2D eigenvalue weighted by Crippen LogP contribution is 2.47. The van der Waals surface area contributed by atoms with Gasteiger partial charge in [0.1, 0.15) is 41.9 Å².